The fraction of sp³-hybridized carbons (Fsp3) is 0.412. The summed E-state index contributed by atoms with van der Waals surface area (Å²) in [7, 11) is 5.39. The lowest BCUT2D eigenvalue weighted by molar-refractivity contribution is -0.127. The maximum Gasteiger partial charge on any atom is 0.243 e. The number of guanidine groups is 1. The summed E-state index contributed by atoms with van der Waals surface area (Å²) in [6, 6.07) is 7.95. The summed E-state index contributed by atoms with van der Waals surface area (Å²) >= 11 is 1.74. The first kappa shape index (κ1) is 21.5. The zero-order chi connectivity index (χ0) is 17.4. The van der Waals surface area contributed by atoms with Gasteiger partial charge in [0.2, 0.25) is 5.91 Å². The molecular weight excluding hydrogens is 451 g/mol. The Balaban J connectivity index is 0.00000312. The molecule has 6 nitrogen and oxygen atoms in total. The Morgan fingerprint density at radius 3 is 2.68 bits per heavy atom. The van der Waals surface area contributed by atoms with E-state index in [0.29, 0.717) is 12.5 Å². The maximum atomic E-state index is 11.8. The Kier molecular flexibility index (Phi) is 9.58. The minimum Gasteiger partial charge on any atom is -0.467 e. The van der Waals surface area contributed by atoms with Gasteiger partial charge in [-0.1, -0.05) is 6.07 Å². The summed E-state index contributed by atoms with van der Waals surface area (Å²) in [6.45, 7) is 1.48. The SMILES string of the molecule is CN(C)C(=O)CN=C(NCCc1cccs1)N(C)Cc1ccco1.I. The summed E-state index contributed by atoms with van der Waals surface area (Å²) in [5, 5.41) is 5.41. The van der Waals surface area contributed by atoms with E-state index in [2.05, 4.69) is 21.8 Å². The first-order valence-corrected chi connectivity index (χ1v) is 8.68. The van der Waals surface area contributed by atoms with Gasteiger partial charge in [-0.3, -0.25) is 4.79 Å². The van der Waals surface area contributed by atoms with Gasteiger partial charge in [0.15, 0.2) is 5.96 Å². The quantitative estimate of drug-likeness (QED) is 0.379. The van der Waals surface area contributed by atoms with Crippen LogP contribution in [0, 0.1) is 0 Å². The summed E-state index contributed by atoms with van der Waals surface area (Å²) < 4.78 is 5.38. The molecule has 0 fully saturated rings. The van der Waals surface area contributed by atoms with E-state index in [4.69, 9.17) is 4.42 Å². The molecule has 8 heteroatoms. The molecule has 138 valence electrons. The smallest absolute Gasteiger partial charge is 0.243 e. The van der Waals surface area contributed by atoms with Gasteiger partial charge in [0.25, 0.3) is 0 Å². The highest BCUT2D eigenvalue weighted by atomic mass is 127. The number of halogens is 1. The first-order valence-electron chi connectivity index (χ1n) is 7.80. The predicted molar refractivity (Wildman–Crippen MR) is 113 cm³/mol. The van der Waals surface area contributed by atoms with Gasteiger partial charge in [-0.25, -0.2) is 4.99 Å². The normalized spacial score (nSPS) is 10.9. The van der Waals surface area contributed by atoms with Crippen LogP contribution in [0.5, 0.6) is 0 Å². The standard InChI is InChI=1S/C17H24N4O2S.HI/c1-20(2)16(22)12-19-17(18-9-8-15-7-5-11-24-15)21(3)13-14-6-4-10-23-14;/h4-7,10-11H,8-9,12-13H2,1-3H3,(H,18,19);1H. The van der Waals surface area contributed by atoms with E-state index in [0.717, 1.165) is 18.7 Å². The molecule has 0 saturated carbocycles. The second kappa shape index (κ2) is 11.1. The van der Waals surface area contributed by atoms with Gasteiger partial charge in [-0.05, 0) is 30.0 Å². The van der Waals surface area contributed by atoms with Crippen LogP contribution in [0.1, 0.15) is 10.6 Å². The lowest BCUT2D eigenvalue weighted by Gasteiger charge is -2.21. The topological polar surface area (TPSA) is 61.1 Å². The third-order valence-corrected chi connectivity index (χ3v) is 4.37. The lowest BCUT2D eigenvalue weighted by Crippen LogP contribution is -2.40. The van der Waals surface area contributed by atoms with E-state index in [1.165, 1.54) is 4.88 Å². The van der Waals surface area contributed by atoms with Crippen molar-refractivity contribution in [1.82, 2.24) is 15.1 Å². The molecular formula is C17H25IN4O2S. The number of furan rings is 1. The average Bonchev–Trinajstić information content (AvgIpc) is 3.23. The largest absolute Gasteiger partial charge is 0.467 e. The van der Waals surface area contributed by atoms with Crippen molar-refractivity contribution >= 4 is 47.2 Å². The summed E-state index contributed by atoms with van der Waals surface area (Å²) in [5.74, 6) is 1.52. The molecule has 1 N–H and O–H groups in total. The number of rotatable bonds is 7. The number of carbonyl (C=O) groups excluding carboxylic acids is 1. The summed E-state index contributed by atoms with van der Waals surface area (Å²) in [4.78, 5) is 21.1. The lowest BCUT2D eigenvalue weighted by atomic mass is 10.3. The average molecular weight is 476 g/mol. The van der Waals surface area contributed by atoms with Crippen LogP contribution in [-0.4, -0.2) is 55.9 Å². The van der Waals surface area contributed by atoms with Crippen molar-refractivity contribution in [2.45, 2.75) is 13.0 Å². The molecule has 0 spiro atoms. The molecule has 0 radical (unpaired) electrons. The van der Waals surface area contributed by atoms with E-state index in [1.54, 1.807) is 36.6 Å². The Labute approximate surface area is 169 Å². The molecule has 0 aliphatic carbocycles. The minimum absolute atomic E-state index is 0. The number of nitrogens with zero attached hydrogens (tertiary/aromatic N) is 3. The number of likely N-dealkylation sites (N-methyl/N-ethyl adjacent to an activating group) is 1. The number of hydrogen-bond donors (Lipinski definition) is 1. The van der Waals surface area contributed by atoms with Crippen molar-refractivity contribution in [3.63, 3.8) is 0 Å². The molecule has 0 unspecified atom stereocenters. The van der Waals surface area contributed by atoms with Gasteiger partial charge in [0, 0.05) is 32.6 Å². The minimum atomic E-state index is -0.0287. The Bertz CT molecular complexity index is 642. The molecule has 25 heavy (non-hydrogen) atoms. The van der Waals surface area contributed by atoms with Crippen molar-refractivity contribution in [3.8, 4) is 0 Å². The second-order valence-electron chi connectivity index (χ2n) is 5.62. The predicted octanol–water partition coefficient (Wildman–Crippen LogP) is 2.67. The Hall–Kier alpha value is -1.55. The van der Waals surface area contributed by atoms with Crippen LogP contribution in [0.15, 0.2) is 45.3 Å². The number of nitrogens with one attached hydrogen (secondary N) is 1. The molecule has 2 aromatic heterocycles. The number of thiophene rings is 1. The summed E-state index contributed by atoms with van der Waals surface area (Å²) in [5.41, 5.74) is 0. The van der Waals surface area contributed by atoms with Crippen LogP contribution < -0.4 is 5.32 Å². The highest BCUT2D eigenvalue weighted by Gasteiger charge is 2.10. The molecule has 2 heterocycles. The molecule has 2 aromatic rings. The second-order valence-corrected chi connectivity index (χ2v) is 6.65. The van der Waals surface area contributed by atoms with Crippen LogP contribution in [0.4, 0.5) is 0 Å². The van der Waals surface area contributed by atoms with E-state index in [1.807, 2.05) is 30.1 Å². The monoisotopic (exact) mass is 476 g/mol. The van der Waals surface area contributed by atoms with E-state index in [-0.39, 0.29) is 36.4 Å². The number of amides is 1. The highest BCUT2D eigenvalue weighted by molar-refractivity contribution is 14.0. The van der Waals surface area contributed by atoms with Crippen LogP contribution in [0.2, 0.25) is 0 Å². The third kappa shape index (κ3) is 7.47. The van der Waals surface area contributed by atoms with Crippen molar-refractivity contribution in [3.05, 3.63) is 46.5 Å². The molecule has 1 amide bonds. The third-order valence-electron chi connectivity index (χ3n) is 3.43. The van der Waals surface area contributed by atoms with Gasteiger partial charge >= 0.3 is 0 Å². The Morgan fingerprint density at radius 2 is 2.08 bits per heavy atom. The maximum absolute atomic E-state index is 11.8. The van der Waals surface area contributed by atoms with Gasteiger partial charge in [-0.2, -0.15) is 0 Å². The Morgan fingerprint density at radius 1 is 1.28 bits per heavy atom. The fourth-order valence-electron chi connectivity index (χ4n) is 2.06. The van der Waals surface area contributed by atoms with Crippen molar-refractivity contribution < 1.29 is 9.21 Å². The van der Waals surface area contributed by atoms with Crippen molar-refractivity contribution in [2.75, 3.05) is 34.2 Å². The number of carbonyl (C=O) groups is 1. The van der Waals surface area contributed by atoms with E-state index >= 15 is 0 Å². The molecule has 0 aliphatic rings. The van der Waals surface area contributed by atoms with Crippen molar-refractivity contribution in [1.29, 1.82) is 0 Å². The number of hydrogen-bond acceptors (Lipinski definition) is 4. The van der Waals surface area contributed by atoms with Crippen molar-refractivity contribution in [2.24, 2.45) is 4.99 Å². The zero-order valence-electron chi connectivity index (χ0n) is 14.8. The zero-order valence-corrected chi connectivity index (χ0v) is 17.9. The van der Waals surface area contributed by atoms with Gasteiger partial charge < -0.3 is 19.5 Å². The fourth-order valence-corrected chi connectivity index (χ4v) is 2.77. The van der Waals surface area contributed by atoms with Gasteiger partial charge in [0.1, 0.15) is 12.3 Å². The first-order chi connectivity index (χ1) is 11.6. The molecule has 0 saturated heterocycles. The molecule has 0 bridgehead atoms. The molecule has 2 rings (SSSR count). The van der Waals surface area contributed by atoms with E-state index in [9.17, 15) is 4.79 Å². The molecule has 0 atom stereocenters. The van der Waals surface area contributed by atoms with Crippen LogP contribution >= 0.6 is 35.3 Å². The number of aliphatic imine (C=N–C) groups is 1. The van der Waals surface area contributed by atoms with Gasteiger partial charge in [0.05, 0.1) is 12.8 Å². The van der Waals surface area contributed by atoms with Crippen LogP contribution in [0.3, 0.4) is 0 Å². The highest BCUT2D eigenvalue weighted by Crippen LogP contribution is 2.08. The van der Waals surface area contributed by atoms with Crippen LogP contribution in [-0.2, 0) is 17.8 Å². The van der Waals surface area contributed by atoms with Gasteiger partial charge in [-0.15, -0.1) is 35.3 Å². The molecule has 0 aromatic carbocycles. The summed E-state index contributed by atoms with van der Waals surface area (Å²) in [6.07, 6.45) is 2.58. The molecule has 0 aliphatic heterocycles. The van der Waals surface area contributed by atoms with Crippen LogP contribution in [0.25, 0.3) is 0 Å². The van der Waals surface area contributed by atoms with E-state index < -0.39 is 0 Å².